The Bertz CT molecular complexity index is 1110. The summed E-state index contributed by atoms with van der Waals surface area (Å²) in [7, 11) is -3.74. The maximum atomic E-state index is 13.0. The van der Waals surface area contributed by atoms with Gasteiger partial charge >= 0.3 is 0 Å². The minimum atomic E-state index is -3.74. The Morgan fingerprint density at radius 1 is 0.933 bits per heavy atom. The van der Waals surface area contributed by atoms with Crippen LogP contribution in [-0.4, -0.2) is 20.9 Å². The Hall–Kier alpha value is -3.03. The Balaban J connectivity index is 1.51. The van der Waals surface area contributed by atoms with Crippen molar-refractivity contribution in [2.75, 3.05) is 6.54 Å². The zero-order chi connectivity index (χ0) is 21.6. The van der Waals surface area contributed by atoms with Crippen LogP contribution in [0.1, 0.15) is 27.0 Å². The second-order valence-electron chi connectivity index (χ2n) is 6.97. The van der Waals surface area contributed by atoms with Crippen LogP contribution in [0.4, 0.5) is 4.39 Å². The molecule has 0 fully saturated rings. The number of aryl methyl sites for hydroxylation is 1. The van der Waals surface area contributed by atoms with Crippen molar-refractivity contribution in [2.24, 2.45) is 0 Å². The van der Waals surface area contributed by atoms with E-state index in [4.69, 9.17) is 0 Å². The van der Waals surface area contributed by atoms with E-state index >= 15 is 0 Å². The highest BCUT2D eigenvalue weighted by Gasteiger charge is 2.14. The van der Waals surface area contributed by atoms with Gasteiger partial charge in [0.2, 0.25) is 10.0 Å². The van der Waals surface area contributed by atoms with Crippen LogP contribution in [0, 0.1) is 12.7 Å². The van der Waals surface area contributed by atoms with E-state index in [1.54, 1.807) is 24.3 Å². The van der Waals surface area contributed by atoms with Crippen LogP contribution in [0.15, 0.2) is 77.7 Å². The van der Waals surface area contributed by atoms with Gasteiger partial charge in [0.15, 0.2) is 0 Å². The maximum absolute atomic E-state index is 13.0. The first-order valence-electron chi connectivity index (χ1n) is 9.51. The van der Waals surface area contributed by atoms with Crippen molar-refractivity contribution in [2.45, 2.75) is 24.8 Å². The molecule has 0 heterocycles. The molecule has 0 aliphatic rings. The van der Waals surface area contributed by atoms with Gasteiger partial charge in [-0.3, -0.25) is 4.79 Å². The zero-order valence-corrected chi connectivity index (χ0v) is 17.4. The van der Waals surface area contributed by atoms with Crippen LogP contribution >= 0.6 is 0 Å². The summed E-state index contributed by atoms with van der Waals surface area (Å²) in [4.78, 5) is 12.3. The summed E-state index contributed by atoms with van der Waals surface area (Å²) in [6.07, 6.45) is 0.747. The SMILES string of the molecule is Cc1cccc(CCNC(=O)c2ccc(CNS(=O)(=O)c3ccc(F)cc3)cc2)c1. The van der Waals surface area contributed by atoms with E-state index in [-0.39, 0.29) is 17.3 Å². The molecule has 3 rings (SSSR count). The quantitative estimate of drug-likeness (QED) is 0.578. The van der Waals surface area contributed by atoms with Crippen molar-refractivity contribution in [3.05, 3.63) is 101 Å². The lowest BCUT2D eigenvalue weighted by molar-refractivity contribution is 0.0954. The van der Waals surface area contributed by atoms with Crippen LogP contribution in [0.5, 0.6) is 0 Å². The molecule has 2 N–H and O–H groups in total. The number of amides is 1. The monoisotopic (exact) mass is 426 g/mol. The van der Waals surface area contributed by atoms with Crippen molar-refractivity contribution in [1.82, 2.24) is 10.0 Å². The summed E-state index contributed by atoms with van der Waals surface area (Å²) >= 11 is 0. The van der Waals surface area contributed by atoms with Crippen molar-refractivity contribution >= 4 is 15.9 Å². The molecule has 0 radical (unpaired) electrons. The topological polar surface area (TPSA) is 75.3 Å². The predicted octanol–water partition coefficient (Wildman–Crippen LogP) is 3.59. The third-order valence-corrected chi connectivity index (χ3v) is 6.01. The van der Waals surface area contributed by atoms with Gasteiger partial charge in [-0.1, -0.05) is 42.0 Å². The fourth-order valence-electron chi connectivity index (χ4n) is 2.94. The molecule has 3 aromatic rings. The molecule has 7 heteroatoms. The maximum Gasteiger partial charge on any atom is 0.251 e. The van der Waals surface area contributed by atoms with Crippen LogP contribution in [0.25, 0.3) is 0 Å². The molecular weight excluding hydrogens is 403 g/mol. The molecule has 0 aliphatic heterocycles. The minimum absolute atomic E-state index is 0.00601. The van der Waals surface area contributed by atoms with Gasteiger partial charge in [-0.25, -0.2) is 17.5 Å². The average molecular weight is 427 g/mol. The highest BCUT2D eigenvalue weighted by atomic mass is 32.2. The van der Waals surface area contributed by atoms with Gasteiger partial charge in [0.05, 0.1) is 4.90 Å². The number of carbonyl (C=O) groups is 1. The molecule has 1 amide bonds. The Kier molecular flexibility index (Phi) is 6.97. The predicted molar refractivity (Wildman–Crippen MR) is 114 cm³/mol. The number of sulfonamides is 1. The lowest BCUT2D eigenvalue weighted by atomic mass is 10.1. The second kappa shape index (κ2) is 9.65. The van der Waals surface area contributed by atoms with Gasteiger partial charge in [0, 0.05) is 18.7 Å². The first-order chi connectivity index (χ1) is 14.3. The third-order valence-electron chi connectivity index (χ3n) is 4.59. The first-order valence-corrected chi connectivity index (χ1v) is 11.0. The molecule has 0 saturated carbocycles. The van der Waals surface area contributed by atoms with Gasteiger partial charge in [-0.05, 0) is 60.9 Å². The number of benzene rings is 3. The minimum Gasteiger partial charge on any atom is -0.352 e. The number of nitrogens with one attached hydrogen (secondary N) is 2. The van der Waals surface area contributed by atoms with Crippen LogP contribution in [0.3, 0.4) is 0 Å². The lowest BCUT2D eigenvalue weighted by Crippen LogP contribution is -2.26. The highest BCUT2D eigenvalue weighted by Crippen LogP contribution is 2.11. The van der Waals surface area contributed by atoms with Gasteiger partial charge in [-0.2, -0.15) is 0 Å². The van der Waals surface area contributed by atoms with Crippen molar-refractivity contribution < 1.29 is 17.6 Å². The van der Waals surface area contributed by atoms with Crippen LogP contribution < -0.4 is 10.0 Å². The molecule has 0 saturated heterocycles. The average Bonchev–Trinajstić information content (AvgIpc) is 2.73. The van der Waals surface area contributed by atoms with Gasteiger partial charge in [0.25, 0.3) is 5.91 Å². The number of rotatable bonds is 8. The summed E-state index contributed by atoms with van der Waals surface area (Å²) in [6, 6.07) is 19.5. The summed E-state index contributed by atoms with van der Waals surface area (Å²) in [5.41, 5.74) is 3.56. The van der Waals surface area contributed by atoms with Crippen LogP contribution in [-0.2, 0) is 23.0 Å². The first kappa shape index (κ1) is 21.7. The Labute approximate surface area is 176 Å². The fourth-order valence-corrected chi connectivity index (χ4v) is 3.96. The Morgan fingerprint density at radius 2 is 1.63 bits per heavy atom. The largest absolute Gasteiger partial charge is 0.352 e. The number of halogens is 1. The molecule has 0 spiro atoms. The molecule has 3 aromatic carbocycles. The number of hydrogen-bond donors (Lipinski definition) is 2. The molecule has 0 aliphatic carbocycles. The van der Waals surface area contributed by atoms with E-state index in [0.29, 0.717) is 17.7 Å². The van der Waals surface area contributed by atoms with Gasteiger partial charge in [0.1, 0.15) is 5.82 Å². The summed E-state index contributed by atoms with van der Waals surface area (Å²) in [5.74, 6) is -0.678. The van der Waals surface area contributed by atoms with E-state index in [1.165, 1.54) is 23.3 Å². The molecule has 156 valence electrons. The molecular formula is C23H23FN2O3S. The molecule has 30 heavy (non-hydrogen) atoms. The summed E-state index contributed by atoms with van der Waals surface area (Å²) in [5, 5.41) is 2.89. The van der Waals surface area contributed by atoms with Crippen molar-refractivity contribution in [1.29, 1.82) is 0 Å². The zero-order valence-electron chi connectivity index (χ0n) is 16.6. The summed E-state index contributed by atoms with van der Waals surface area (Å²) in [6.45, 7) is 2.62. The molecule has 0 unspecified atom stereocenters. The van der Waals surface area contributed by atoms with Crippen molar-refractivity contribution in [3.8, 4) is 0 Å². The normalized spacial score (nSPS) is 11.3. The molecule has 0 aromatic heterocycles. The fraction of sp³-hybridized carbons (Fsp3) is 0.174. The molecule has 0 bridgehead atoms. The van der Waals surface area contributed by atoms with E-state index < -0.39 is 15.8 Å². The van der Waals surface area contributed by atoms with Gasteiger partial charge < -0.3 is 5.32 Å². The highest BCUT2D eigenvalue weighted by molar-refractivity contribution is 7.89. The molecule has 0 atom stereocenters. The second-order valence-corrected chi connectivity index (χ2v) is 8.74. The van der Waals surface area contributed by atoms with E-state index in [1.807, 2.05) is 25.1 Å². The molecule has 5 nitrogen and oxygen atoms in total. The van der Waals surface area contributed by atoms with Crippen LogP contribution in [0.2, 0.25) is 0 Å². The standard InChI is InChI=1S/C23H23FN2O3S/c1-17-3-2-4-18(15-17)13-14-25-23(27)20-7-5-19(6-8-20)16-26-30(28,29)22-11-9-21(24)10-12-22/h2-12,15,26H,13-14,16H2,1H3,(H,25,27). The lowest BCUT2D eigenvalue weighted by Gasteiger charge is -2.09. The number of carbonyl (C=O) groups excluding carboxylic acids is 1. The smallest absolute Gasteiger partial charge is 0.251 e. The van der Waals surface area contributed by atoms with E-state index in [0.717, 1.165) is 18.6 Å². The number of hydrogen-bond acceptors (Lipinski definition) is 3. The Morgan fingerprint density at radius 3 is 2.30 bits per heavy atom. The summed E-state index contributed by atoms with van der Waals surface area (Å²) < 4.78 is 39.9. The van der Waals surface area contributed by atoms with Crippen molar-refractivity contribution in [3.63, 3.8) is 0 Å². The third kappa shape index (κ3) is 5.98. The van der Waals surface area contributed by atoms with E-state index in [9.17, 15) is 17.6 Å². The van der Waals surface area contributed by atoms with E-state index in [2.05, 4.69) is 16.1 Å². The van der Waals surface area contributed by atoms with Gasteiger partial charge in [-0.15, -0.1) is 0 Å².